The summed E-state index contributed by atoms with van der Waals surface area (Å²) in [6.45, 7) is 2.65. The van der Waals surface area contributed by atoms with Gasteiger partial charge in [0.2, 0.25) is 0 Å². The highest BCUT2D eigenvalue weighted by Gasteiger charge is 2.06. The molecule has 2 aromatic rings. The van der Waals surface area contributed by atoms with E-state index in [1.54, 1.807) is 0 Å². The first-order chi connectivity index (χ1) is 8.25. The number of benzene rings is 1. The Labute approximate surface area is 99.2 Å². The van der Waals surface area contributed by atoms with E-state index in [0.717, 1.165) is 6.42 Å². The molecule has 1 amide bonds. The molecule has 0 aliphatic heterocycles. The highest BCUT2D eigenvalue weighted by atomic mass is 16.1. The molecule has 5 nitrogen and oxygen atoms in total. The number of carbonyl (C=O) groups is 1. The van der Waals surface area contributed by atoms with Crippen LogP contribution in [0.1, 0.15) is 21.6 Å². The minimum atomic E-state index is -0.202. The summed E-state index contributed by atoms with van der Waals surface area (Å²) in [5.74, 6) is -0.202. The maximum Gasteiger partial charge on any atom is 0.273 e. The van der Waals surface area contributed by atoms with Crippen LogP contribution in [0.3, 0.4) is 0 Å². The topological polar surface area (TPSA) is 70.7 Å². The van der Waals surface area contributed by atoms with E-state index in [0.29, 0.717) is 12.2 Å². The van der Waals surface area contributed by atoms with Crippen molar-refractivity contribution in [2.75, 3.05) is 6.54 Å². The molecule has 0 bridgehead atoms. The van der Waals surface area contributed by atoms with Gasteiger partial charge in [-0.15, -0.1) is 0 Å². The second kappa shape index (κ2) is 5.25. The number of carbonyl (C=O) groups excluding carboxylic acids is 1. The third-order valence-electron chi connectivity index (χ3n) is 2.43. The molecular weight excluding hydrogens is 216 g/mol. The maximum absolute atomic E-state index is 11.5. The third kappa shape index (κ3) is 3.14. The van der Waals surface area contributed by atoms with Gasteiger partial charge in [0.05, 0.1) is 6.20 Å². The molecule has 0 radical (unpaired) electrons. The molecule has 2 N–H and O–H groups in total. The molecule has 1 aromatic heterocycles. The average molecular weight is 230 g/mol. The van der Waals surface area contributed by atoms with Crippen LogP contribution in [-0.4, -0.2) is 27.9 Å². The van der Waals surface area contributed by atoms with E-state index in [2.05, 4.69) is 45.9 Å². The molecule has 0 atom stereocenters. The van der Waals surface area contributed by atoms with Gasteiger partial charge < -0.3 is 5.32 Å². The van der Waals surface area contributed by atoms with E-state index < -0.39 is 0 Å². The van der Waals surface area contributed by atoms with E-state index in [4.69, 9.17) is 0 Å². The predicted molar refractivity (Wildman–Crippen MR) is 63.6 cm³/mol. The first kappa shape index (κ1) is 11.3. The maximum atomic E-state index is 11.5. The summed E-state index contributed by atoms with van der Waals surface area (Å²) in [6, 6.07) is 8.24. The molecule has 0 spiro atoms. The van der Waals surface area contributed by atoms with Gasteiger partial charge in [0.1, 0.15) is 0 Å². The highest BCUT2D eigenvalue weighted by molar-refractivity contribution is 5.91. The van der Waals surface area contributed by atoms with Gasteiger partial charge in [-0.3, -0.25) is 4.79 Å². The molecule has 17 heavy (non-hydrogen) atoms. The third-order valence-corrected chi connectivity index (χ3v) is 2.43. The number of aryl methyl sites for hydroxylation is 1. The summed E-state index contributed by atoms with van der Waals surface area (Å²) in [6.07, 6.45) is 2.22. The largest absolute Gasteiger partial charge is 0.350 e. The Balaban J connectivity index is 1.82. The van der Waals surface area contributed by atoms with Crippen molar-refractivity contribution in [3.63, 3.8) is 0 Å². The summed E-state index contributed by atoms with van der Waals surface area (Å²) in [5.41, 5.74) is 2.75. The highest BCUT2D eigenvalue weighted by Crippen LogP contribution is 2.03. The van der Waals surface area contributed by atoms with Crippen LogP contribution in [0.4, 0.5) is 0 Å². The number of amides is 1. The molecule has 0 saturated carbocycles. The fraction of sp³-hybridized carbons (Fsp3) is 0.250. The number of nitrogens with zero attached hydrogens (tertiary/aromatic N) is 2. The fourth-order valence-electron chi connectivity index (χ4n) is 1.59. The fourth-order valence-corrected chi connectivity index (χ4v) is 1.59. The summed E-state index contributed by atoms with van der Waals surface area (Å²) in [5, 5.41) is 12.5. The van der Waals surface area contributed by atoms with Crippen molar-refractivity contribution in [3.8, 4) is 0 Å². The average Bonchev–Trinajstić information content (AvgIpc) is 2.82. The standard InChI is InChI=1S/C12H14N4O/c1-9-3-2-4-10(7-9)5-6-13-12(17)11-8-14-16-15-11/h2-4,7-8H,5-6H2,1H3,(H,13,17)(H,14,15,16). The first-order valence-electron chi connectivity index (χ1n) is 5.45. The lowest BCUT2D eigenvalue weighted by Crippen LogP contribution is -2.26. The van der Waals surface area contributed by atoms with E-state index in [1.807, 2.05) is 6.07 Å². The van der Waals surface area contributed by atoms with Crippen LogP contribution < -0.4 is 5.32 Å². The summed E-state index contributed by atoms with van der Waals surface area (Å²) in [7, 11) is 0. The number of nitrogens with one attached hydrogen (secondary N) is 2. The summed E-state index contributed by atoms with van der Waals surface area (Å²) in [4.78, 5) is 11.5. The number of H-pyrrole nitrogens is 1. The Hall–Kier alpha value is -2.17. The number of aromatic amines is 1. The van der Waals surface area contributed by atoms with Gasteiger partial charge in [-0.25, -0.2) is 0 Å². The smallest absolute Gasteiger partial charge is 0.273 e. The van der Waals surface area contributed by atoms with Crippen molar-refractivity contribution < 1.29 is 4.79 Å². The van der Waals surface area contributed by atoms with Crippen molar-refractivity contribution in [1.82, 2.24) is 20.7 Å². The van der Waals surface area contributed by atoms with Gasteiger partial charge in [0.15, 0.2) is 5.69 Å². The zero-order valence-corrected chi connectivity index (χ0v) is 9.60. The normalized spacial score (nSPS) is 10.2. The Morgan fingerprint density at radius 3 is 3.06 bits per heavy atom. The van der Waals surface area contributed by atoms with Gasteiger partial charge in [0, 0.05) is 6.54 Å². The molecule has 5 heteroatoms. The molecule has 0 saturated heterocycles. The molecule has 1 heterocycles. The van der Waals surface area contributed by atoms with E-state index in [9.17, 15) is 4.79 Å². The van der Waals surface area contributed by atoms with Crippen LogP contribution in [0, 0.1) is 6.92 Å². The van der Waals surface area contributed by atoms with Crippen molar-refractivity contribution >= 4 is 5.91 Å². The zero-order chi connectivity index (χ0) is 12.1. The van der Waals surface area contributed by atoms with Crippen LogP contribution in [0.15, 0.2) is 30.5 Å². The molecule has 1 aromatic carbocycles. The summed E-state index contributed by atoms with van der Waals surface area (Å²) >= 11 is 0. The number of hydrogen-bond donors (Lipinski definition) is 2. The lowest BCUT2D eigenvalue weighted by molar-refractivity contribution is 0.0949. The Bertz CT molecular complexity index is 493. The van der Waals surface area contributed by atoms with E-state index >= 15 is 0 Å². The predicted octanol–water partition coefficient (Wildman–Crippen LogP) is 1.09. The minimum absolute atomic E-state index is 0.202. The monoisotopic (exact) mass is 230 g/mol. The second-order valence-corrected chi connectivity index (χ2v) is 3.85. The van der Waals surface area contributed by atoms with Gasteiger partial charge in [0.25, 0.3) is 5.91 Å². The van der Waals surface area contributed by atoms with Crippen LogP contribution in [0.25, 0.3) is 0 Å². The molecule has 0 aliphatic carbocycles. The van der Waals surface area contributed by atoms with Crippen LogP contribution in [-0.2, 0) is 6.42 Å². The lowest BCUT2D eigenvalue weighted by Gasteiger charge is -2.04. The summed E-state index contributed by atoms with van der Waals surface area (Å²) < 4.78 is 0. The first-order valence-corrected chi connectivity index (χ1v) is 5.45. The second-order valence-electron chi connectivity index (χ2n) is 3.85. The van der Waals surface area contributed by atoms with E-state index in [1.165, 1.54) is 17.3 Å². The van der Waals surface area contributed by atoms with Crippen molar-refractivity contribution in [3.05, 3.63) is 47.3 Å². The van der Waals surface area contributed by atoms with Gasteiger partial charge in [-0.05, 0) is 18.9 Å². The van der Waals surface area contributed by atoms with Gasteiger partial charge in [-0.2, -0.15) is 15.4 Å². The number of hydrogen-bond acceptors (Lipinski definition) is 3. The minimum Gasteiger partial charge on any atom is -0.350 e. The Morgan fingerprint density at radius 2 is 2.35 bits per heavy atom. The van der Waals surface area contributed by atoms with E-state index in [-0.39, 0.29) is 5.91 Å². The number of aromatic nitrogens is 3. The number of rotatable bonds is 4. The zero-order valence-electron chi connectivity index (χ0n) is 9.60. The van der Waals surface area contributed by atoms with Crippen LogP contribution in [0.5, 0.6) is 0 Å². The Kier molecular flexibility index (Phi) is 3.49. The molecular formula is C12H14N4O. The molecule has 0 fully saturated rings. The van der Waals surface area contributed by atoms with Crippen molar-refractivity contribution in [1.29, 1.82) is 0 Å². The van der Waals surface area contributed by atoms with Crippen molar-refractivity contribution in [2.24, 2.45) is 0 Å². The van der Waals surface area contributed by atoms with Crippen LogP contribution >= 0.6 is 0 Å². The quantitative estimate of drug-likeness (QED) is 0.825. The van der Waals surface area contributed by atoms with Gasteiger partial charge in [-0.1, -0.05) is 29.8 Å². The molecule has 2 rings (SSSR count). The SMILES string of the molecule is Cc1cccc(CCNC(=O)c2cn[nH]n2)c1. The molecule has 0 unspecified atom stereocenters. The molecule has 0 aliphatic rings. The molecule has 88 valence electrons. The Morgan fingerprint density at radius 1 is 1.47 bits per heavy atom. The van der Waals surface area contributed by atoms with Gasteiger partial charge >= 0.3 is 0 Å². The van der Waals surface area contributed by atoms with Crippen molar-refractivity contribution in [2.45, 2.75) is 13.3 Å². The van der Waals surface area contributed by atoms with Crippen LogP contribution in [0.2, 0.25) is 0 Å². The lowest BCUT2D eigenvalue weighted by atomic mass is 10.1.